The van der Waals surface area contributed by atoms with Gasteiger partial charge in [-0.3, -0.25) is 14.4 Å². The standard InChI is InChI=1S/C19H15.C12H26N.C11H18N.C9H21N2.C8H16N2.C7H18N3.C4H12N.C4H12P.C3H9S.3C2H6/c1-4-10-16(11-5-1)19(17-12-6-2-7-13-17)18-14-8-3-9-15-18;1-8-9(2)11(4)13(6,7)12(5)10(8)3;1-7-8(2)10(4)12(6)11(5)9(7)3;1-7-8(2)11(5,6)9(3)10(7)4;1-6-7(2)10(5)8(3)9(6)4;1-8(2)7(9(3)4)10(5)6;2*1-5(2,3)4;1-4(2)3;3*1-2/h1-15H;8-12H,1-7H3;1-6H3;7-9H,1-6H3;8H,1-5H3;1-6H3;2*1-4H3;1-3H3;3*1-2H3/q4*+1;;4*+1;;;. The monoisotopic (exact) mass is 1370 g/mol. The van der Waals surface area contributed by atoms with Crippen molar-refractivity contribution in [3.8, 4) is 0 Å². The van der Waals surface area contributed by atoms with E-state index in [1.165, 1.54) is 72.2 Å². The highest BCUT2D eigenvalue weighted by molar-refractivity contribution is 7.94. The van der Waals surface area contributed by atoms with Crippen molar-refractivity contribution in [2.24, 2.45) is 24.8 Å². The number of quaternary nitrogens is 3. The molecule has 4 aliphatic rings. The maximum Gasteiger partial charge on any atom is 0.349 e. The van der Waals surface area contributed by atoms with Gasteiger partial charge in [0.25, 0.3) is 0 Å². The third-order valence-electron chi connectivity index (χ3n) is 19.5. The van der Waals surface area contributed by atoms with E-state index >= 15 is 0 Å². The summed E-state index contributed by atoms with van der Waals surface area (Å²) in [5, 5.41) is 0. The van der Waals surface area contributed by atoms with Crippen molar-refractivity contribution in [3.63, 3.8) is 0 Å². The molecule has 0 amide bonds. The number of hydrogen-bond acceptors (Lipinski definition) is 3. The molecule has 7 atom stereocenters. The van der Waals surface area contributed by atoms with Crippen LogP contribution in [0.1, 0.15) is 157 Å². The fourth-order valence-electron chi connectivity index (χ4n) is 11.4. The molecule has 0 radical (unpaired) electrons. The molecule has 12 heteroatoms. The van der Waals surface area contributed by atoms with Crippen LogP contribution in [0.25, 0.3) is 5.57 Å². The van der Waals surface area contributed by atoms with Crippen molar-refractivity contribution >= 4 is 29.7 Å². The Hall–Kier alpha value is -4.09. The SMILES string of the molecule is C1=C[CH+]C(=C(c2ccccc2)c2ccccc2)C=C1.CC.CC.CC.CC1=C(C)N(C)C(C)N1C.CC1C(C)C(C)[N+](C)(C)C(C)C1C.CC1C(C)[N+](C)(C)C(C)N1C.CN(C)C(N(C)C)=[N+](C)C.C[N+](C)(C)C.C[P+](C)(C)C.C[S+](C)C.Cc1c(C)c(C)[n+](C)c(C)c1C. The highest BCUT2D eigenvalue weighted by atomic mass is 32.2. The Labute approximate surface area is 599 Å². The lowest BCUT2D eigenvalue weighted by atomic mass is 9.72. The molecule has 1 aromatic heterocycles. The number of nitrogens with zero attached hydrogens (tertiary/aromatic N) is 10. The fraction of sp³-hybridized carbons (Fsp3) is 0.675. The van der Waals surface area contributed by atoms with Gasteiger partial charge in [0, 0.05) is 145 Å². The first-order valence-electron chi connectivity index (χ1n) is 35.8. The van der Waals surface area contributed by atoms with Gasteiger partial charge in [-0.05, 0) is 123 Å². The normalized spacial score (nSPS) is 21.1. The molecule has 7 unspecified atom stereocenters. The number of guanidine groups is 1. The van der Waals surface area contributed by atoms with Gasteiger partial charge in [0.15, 0.2) is 11.4 Å². The van der Waals surface area contributed by atoms with Gasteiger partial charge in [-0.1, -0.05) is 98.7 Å². The number of hydrogen-bond donors (Lipinski definition) is 0. The fourth-order valence-corrected chi connectivity index (χ4v) is 11.4. The molecule has 0 saturated carbocycles. The first-order chi connectivity index (χ1) is 43.3. The van der Waals surface area contributed by atoms with E-state index in [0.717, 1.165) is 44.8 Å². The molecule has 0 N–H and O–H groups in total. The number of rotatable bonds is 2. The second-order valence-electron chi connectivity index (χ2n) is 30.8. The summed E-state index contributed by atoms with van der Waals surface area (Å²) in [6.45, 7) is 57.7. The lowest BCUT2D eigenvalue weighted by Gasteiger charge is -2.53. The molecule has 1 aliphatic carbocycles. The highest BCUT2D eigenvalue weighted by Gasteiger charge is 2.47. The predicted octanol–water partition coefficient (Wildman–Crippen LogP) is 17.4. The van der Waals surface area contributed by atoms with Crippen molar-refractivity contribution in [2.75, 3.05) is 165 Å². The maximum atomic E-state index is 2.46. The molecule has 3 aromatic rings. The van der Waals surface area contributed by atoms with E-state index in [-0.39, 0.29) is 7.26 Å². The largest absolute Gasteiger partial charge is 0.357 e. The smallest absolute Gasteiger partial charge is 0.349 e. The summed E-state index contributed by atoms with van der Waals surface area (Å²) in [6, 6.07) is 24.1. The van der Waals surface area contributed by atoms with Crippen LogP contribution in [-0.4, -0.2) is 250 Å². The summed E-state index contributed by atoms with van der Waals surface area (Å²) >= 11 is 0. The van der Waals surface area contributed by atoms with E-state index in [4.69, 9.17) is 0 Å². The maximum absolute atomic E-state index is 2.46. The summed E-state index contributed by atoms with van der Waals surface area (Å²) in [7, 11) is 39.0. The Morgan fingerprint density at radius 2 is 0.863 bits per heavy atom. The van der Waals surface area contributed by atoms with Gasteiger partial charge in [0.05, 0.1) is 147 Å². The highest BCUT2D eigenvalue weighted by Crippen LogP contribution is 2.41. The number of allylic oxidation sites excluding steroid dienone is 7. The molecule has 10 nitrogen and oxygen atoms in total. The van der Waals surface area contributed by atoms with Crippen LogP contribution in [-0.2, 0) is 17.9 Å². The van der Waals surface area contributed by atoms with Gasteiger partial charge < -0.3 is 23.2 Å². The summed E-state index contributed by atoms with van der Waals surface area (Å²) in [5.41, 5.74) is 14.8. The Balaban J connectivity index is -0.000000326. The molecule has 2 aromatic carbocycles. The molecule has 550 valence electrons. The van der Waals surface area contributed by atoms with Crippen molar-refractivity contribution in [1.82, 2.24) is 24.5 Å². The number of likely N-dealkylation sites (N-methyl/N-ethyl adjacent to an activating group) is 2. The van der Waals surface area contributed by atoms with Gasteiger partial charge in [-0.15, -0.1) is 0 Å². The van der Waals surface area contributed by atoms with Gasteiger partial charge in [-0.2, -0.15) is 0 Å². The molecule has 2 saturated heterocycles. The minimum atomic E-state index is -0.389. The van der Waals surface area contributed by atoms with E-state index in [2.05, 4.69) is 366 Å². The molecule has 3 aliphatic heterocycles. The van der Waals surface area contributed by atoms with Gasteiger partial charge in [0.1, 0.15) is 24.8 Å². The van der Waals surface area contributed by atoms with Crippen molar-refractivity contribution in [2.45, 2.75) is 189 Å². The predicted molar refractivity (Wildman–Crippen MR) is 441 cm³/mol. The van der Waals surface area contributed by atoms with Crippen LogP contribution in [0.5, 0.6) is 0 Å². The summed E-state index contributed by atoms with van der Waals surface area (Å²) in [4.78, 5) is 11.2. The molecular weight excluding hydrogens is 1200 g/mol. The van der Waals surface area contributed by atoms with Crippen LogP contribution in [0.2, 0.25) is 0 Å². The van der Waals surface area contributed by atoms with E-state index < -0.39 is 0 Å². The first kappa shape index (κ1) is 99.6. The van der Waals surface area contributed by atoms with Gasteiger partial charge >= 0.3 is 5.96 Å². The number of piperidine rings is 1. The summed E-state index contributed by atoms with van der Waals surface area (Å²) in [5.74, 6) is 3.76. The number of pyridine rings is 1. The van der Waals surface area contributed by atoms with Crippen LogP contribution >= 0.6 is 7.26 Å². The van der Waals surface area contributed by atoms with Crippen molar-refractivity contribution in [1.29, 1.82) is 0 Å². The molecule has 0 bridgehead atoms. The topological polar surface area (TPSA) is 23.1 Å². The summed E-state index contributed by atoms with van der Waals surface area (Å²) < 4.78 is 7.65. The van der Waals surface area contributed by atoms with Gasteiger partial charge in [-0.25, -0.2) is 9.47 Å². The zero-order chi connectivity index (χ0) is 76.3. The molecule has 2 fully saturated rings. The van der Waals surface area contributed by atoms with Crippen LogP contribution in [0.4, 0.5) is 0 Å². The van der Waals surface area contributed by atoms with Crippen LogP contribution in [0.15, 0.2) is 102 Å². The average Bonchev–Trinajstić information content (AvgIpc) is 1.39. The Morgan fingerprint density at radius 3 is 1.06 bits per heavy atom. The van der Waals surface area contributed by atoms with E-state index in [9.17, 15) is 0 Å². The van der Waals surface area contributed by atoms with Crippen molar-refractivity contribution in [3.05, 3.63) is 148 Å². The third kappa shape index (κ3) is 35.5. The van der Waals surface area contributed by atoms with E-state index in [1.807, 2.05) is 83.8 Å². The number of aromatic nitrogens is 1. The van der Waals surface area contributed by atoms with Crippen LogP contribution in [0.3, 0.4) is 0 Å². The molecule has 0 spiro atoms. The summed E-state index contributed by atoms with van der Waals surface area (Å²) in [6.07, 6.45) is 18.3. The third-order valence-corrected chi connectivity index (χ3v) is 19.5. The second kappa shape index (κ2) is 47.8. The molecule has 4 heterocycles. The van der Waals surface area contributed by atoms with E-state index in [0.29, 0.717) is 29.3 Å². The van der Waals surface area contributed by atoms with Crippen molar-refractivity contribution < 1.29 is 22.6 Å². The quantitative estimate of drug-likeness (QED) is 0.0484. The molecule has 7 rings (SSSR count). The zero-order valence-electron chi connectivity index (χ0n) is 72.2. The van der Waals surface area contributed by atoms with Crippen LogP contribution < -0.4 is 4.57 Å². The van der Waals surface area contributed by atoms with Crippen LogP contribution in [0, 0.1) is 58.8 Å². The minimum absolute atomic E-state index is 0.389. The lowest BCUT2D eigenvalue weighted by molar-refractivity contribution is -0.949. The van der Waals surface area contributed by atoms with Gasteiger partial charge in [0.2, 0.25) is 0 Å². The number of benzene rings is 2. The number of likely N-dealkylation sites (tertiary alicyclic amines) is 1. The zero-order valence-corrected chi connectivity index (χ0v) is 73.9. The average molecular weight is 1370 g/mol. The molecule has 95 heavy (non-hydrogen) atoms. The second-order valence-corrected chi connectivity index (χ2v) is 38.6. The Kier molecular flexibility index (Phi) is 50.1. The van der Waals surface area contributed by atoms with E-state index in [1.54, 1.807) is 0 Å². The Morgan fingerprint density at radius 1 is 0.547 bits per heavy atom. The molecular formula is C83H165N10PS+8. The Bertz CT molecular complexity index is 2450. The minimum Gasteiger partial charge on any atom is -0.357 e. The first-order valence-corrected chi connectivity index (χ1v) is 41.8. The lowest BCUT2D eigenvalue weighted by Crippen LogP contribution is -2.63.